The molecule has 6 heteroatoms. The molecule has 0 spiro atoms. The molecule has 2 fully saturated rings. The van der Waals surface area contributed by atoms with Crippen LogP contribution in [0.3, 0.4) is 0 Å². The molecular formula is C25H43N5O. The minimum atomic E-state index is 0.000749. The van der Waals surface area contributed by atoms with Crippen LogP contribution in [0.5, 0.6) is 0 Å². The van der Waals surface area contributed by atoms with Crippen molar-refractivity contribution in [1.29, 1.82) is 0 Å². The number of rotatable bonds is 11. The molecule has 1 aliphatic carbocycles. The number of carbonyl (C=O) groups excluding carboxylic acids is 1. The summed E-state index contributed by atoms with van der Waals surface area (Å²) in [6, 6.07) is 0.000749. The van der Waals surface area contributed by atoms with Gasteiger partial charge in [0.2, 0.25) is 0 Å². The average molecular weight is 430 g/mol. The van der Waals surface area contributed by atoms with Crippen LogP contribution in [0.25, 0.3) is 0 Å². The molecular weight excluding hydrogens is 386 g/mol. The highest BCUT2D eigenvalue weighted by molar-refractivity contribution is 5.83. The maximum atomic E-state index is 12.2. The summed E-state index contributed by atoms with van der Waals surface area (Å²) >= 11 is 0. The van der Waals surface area contributed by atoms with E-state index in [0.717, 1.165) is 56.8 Å². The smallest absolute Gasteiger partial charge is 0.136 e. The van der Waals surface area contributed by atoms with Crippen molar-refractivity contribution >= 4 is 12.0 Å². The molecule has 31 heavy (non-hydrogen) atoms. The zero-order valence-corrected chi connectivity index (χ0v) is 19.9. The number of aliphatic imine (C=N–C) groups is 1. The molecule has 4 N–H and O–H groups in total. The quantitative estimate of drug-likeness (QED) is 0.491. The highest BCUT2D eigenvalue weighted by atomic mass is 16.1. The van der Waals surface area contributed by atoms with Crippen molar-refractivity contribution in [3.8, 4) is 0 Å². The molecule has 0 bridgehead atoms. The number of nitrogens with two attached hydrogens (primary N) is 2. The lowest BCUT2D eigenvalue weighted by Crippen LogP contribution is -2.51. The molecule has 2 unspecified atom stereocenters. The van der Waals surface area contributed by atoms with Crippen molar-refractivity contribution in [3.05, 3.63) is 22.7 Å². The summed E-state index contributed by atoms with van der Waals surface area (Å²) in [5.41, 5.74) is 16.8. The van der Waals surface area contributed by atoms with E-state index in [1.165, 1.54) is 37.0 Å². The van der Waals surface area contributed by atoms with E-state index in [9.17, 15) is 4.79 Å². The van der Waals surface area contributed by atoms with Crippen LogP contribution < -0.4 is 11.5 Å². The van der Waals surface area contributed by atoms with Crippen molar-refractivity contribution in [1.82, 2.24) is 9.80 Å². The number of allylic oxidation sites excluding steroid dienone is 2. The van der Waals surface area contributed by atoms with Gasteiger partial charge in [-0.1, -0.05) is 33.1 Å². The first-order valence-corrected chi connectivity index (χ1v) is 12.4. The van der Waals surface area contributed by atoms with Crippen LogP contribution in [0.2, 0.25) is 0 Å². The molecule has 2 heterocycles. The average Bonchev–Trinajstić information content (AvgIpc) is 3.61. The molecule has 1 saturated heterocycles. The Bertz CT molecular complexity index is 713. The Kier molecular flexibility index (Phi) is 8.58. The number of piperazine rings is 1. The lowest BCUT2D eigenvalue weighted by molar-refractivity contribution is -0.120. The zero-order valence-electron chi connectivity index (χ0n) is 19.9. The van der Waals surface area contributed by atoms with Crippen molar-refractivity contribution < 1.29 is 4.79 Å². The number of unbranched alkanes of at least 4 members (excludes halogenated alkanes) is 3. The largest absolute Gasteiger partial charge is 0.385 e. The van der Waals surface area contributed by atoms with Crippen molar-refractivity contribution in [2.45, 2.75) is 78.2 Å². The number of dihydropyridines is 1. The first-order chi connectivity index (χ1) is 14.9. The van der Waals surface area contributed by atoms with Gasteiger partial charge in [-0.2, -0.15) is 0 Å². The van der Waals surface area contributed by atoms with E-state index in [-0.39, 0.29) is 12.0 Å². The minimum Gasteiger partial charge on any atom is -0.385 e. The van der Waals surface area contributed by atoms with Crippen LogP contribution >= 0.6 is 0 Å². The van der Waals surface area contributed by atoms with Gasteiger partial charge in [-0.15, -0.1) is 0 Å². The Morgan fingerprint density at radius 2 is 1.90 bits per heavy atom. The second kappa shape index (κ2) is 11.2. The van der Waals surface area contributed by atoms with Crippen LogP contribution in [0, 0.1) is 11.8 Å². The Balaban J connectivity index is 1.59. The Labute approximate surface area is 188 Å². The number of nitrogens with zero attached hydrogens (tertiary/aromatic N) is 3. The van der Waals surface area contributed by atoms with Crippen LogP contribution in [-0.2, 0) is 4.79 Å². The minimum absolute atomic E-state index is 0.000749. The zero-order chi connectivity index (χ0) is 22.4. The number of hydrogen-bond acceptors (Lipinski definition) is 6. The van der Waals surface area contributed by atoms with Gasteiger partial charge in [-0.25, -0.2) is 0 Å². The summed E-state index contributed by atoms with van der Waals surface area (Å²) in [6.07, 6.45) is 10.9. The third kappa shape index (κ3) is 6.34. The van der Waals surface area contributed by atoms with Crippen molar-refractivity contribution in [2.75, 3.05) is 32.7 Å². The molecule has 2 aliphatic heterocycles. The van der Waals surface area contributed by atoms with Crippen LogP contribution in [0.15, 0.2) is 27.7 Å². The van der Waals surface area contributed by atoms with E-state index in [0.29, 0.717) is 24.7 Å². The molecule has 6 nitrogen and oxygen atoms in total. The summed E-state index contributed by atoms with van der Waals surface area (Å²) in [7, 11) is 0. The van der Waals surface area contributed by atoms with Crippen LogP contribution in [0.4, 0.5) is 0 Å². The lowest BCUT2D eigenvalue weighted by atomic mass is 9.94. The fourth-order valence-electron chi connectivity index (χ4n) is 4.76. The van der Waals surface area contributed by atoms with E-state index in [1.54, 1.807) is 0 Å². The second-order valence-corrected chi connectivity index (χ2v) is 9.71. The molecule has 0 radical (unpaired) electrons. The standard InChI is InChI=1S/C25H43N5O/c1-4-5-6-7-8-21-16-28-17-22(26)24(21)29-11-13-30(14-12-29)25(27)19(3)18(2)15-23(31)20-9-10-20/h16,18,20,22H,4-15,17,26-27H2,1-3H3/b25-19+. The number of ketones is 1. The number of hydrogen-bond donors (Lipinski definition) is 2. The van der Waals surface area contributed by atoms with Crippen LogP contribution in [-0.4, -0.2) is 60.6 Å². The molecule has 0 aromatic carbocycles. The van der Waals surface area contributed by atoms with Gasteiger partial charge in [0.15, 0.2) is 0 Å². The molecule has 3 aliphatic rings. The maximum Gasteiger partial charge on any atom is 0.136 e. The Morgan fingerprint density at radius 3 is 2.55 bits per heavy atom. The predicted octanol–water partition coefficient (Wildman–Crippen LogP) is 3.44. The topological polar surface area (TPSA) is 88.0 Å². The fraction of sp³-hybridized carbons (Fsp3) is 0.760. The molecule has 2 atom stereocenters. The highest BCUT2D eigenvalue weighted by Crippen LogP contribution is 2.33. The summed E-state index contributed by atoms with van der Waals surface area (Å²) in [5, 5.41) is 0. The SMILES string of the molecule is CCCCCCC1=C(N2CCN(/C(N)=C(\C)C(C)CC(=O)C3CC3)CC2)C(N)CN=C1. The van der Waals surface area contributed by atoms with Gasteiger partial charge in [-0.3, -0.25) is 9.79 Å². The van der Waals surface area contributed by atoms with Gasteiger partial charge >= 0.3 is 0 Å². The molecule has 174 valence electrons. The molecule has 0 aromatic heterocycles. The van der Waals surface area contributed by atoms with Gasteiger partial charge in [0, 0.05) is 50.4 Å². The van der Waals surface area contributed by atoms with Gasteiger partial charge in [0.05, 0.1) is 18.4 Å². The Hall–Kier alpha value is -1.82. The Morgan fingerprint density at radius 1 is 1.19 bits per heavy atom. The summed E-state index contributed by atoms with van der Waals surface area (Å²) in [5.74, 6) is 1.81. The van der Waals surface area contributed by atoms with Crippen molar-refractivity contribution in [3.63, 3.8) is 0 Å². The van der Waals surface area contributed by atoms with E-state index in [1.807, 2.05) is 0 Å². The van der Waals surface area contributed by atoms with E-state index < -0.39 is 0 Å². The first kappa shape index (κ1) is 23.8. The molecule has 0 aromatic rings. The second-order valence-electron chi connectivity index (χ2n) is 9.71. The van der Waals surface area contributed by atoms with Gasteiger partial charge in [0.25, 0.3) is 0 Å². The monoisotopic (exact) mass is 429 g/mol. The third-order valence-electron chi connectivity index (χ3n) is 7.17. The summed E-state index contributed by atoms with van der Waals surface area (Å²) in [4.78, 5) is 21.5. The van der Waals surface area contributed by atoms with Gasteiger partial charge in [-0.05, 0) is 49.7 Å². The molecule has 3 rings (SSSR count). The first-order valence-electron chi connectivity index (χ1n) is 12.4. The third-order valence-corrected chi connectivity index (χ3v) is 7.17. The lowest BCUT2D eigenvalue weighted by Gasteiger charge is -2.41. The van der Waals surface area contributed by atoms with Gasteiger partial charge in [0.1, 0.15) is 5.78 Å². The summed E-state index contributed by atoms with van der Waals surface area (Å²) in [6.45, 7) is 10.8. The molecule has 1 saturated carbocycles. The van der Waals surface area contributed by atoms with Gasteiger partial charge < -0.3 is 21.3 Å². The predicted molar refractivity (Wildman–Crippen MR) is 129 cm³/mol. The van der Waals surface area contributed by atoms with Crippen molar-refractivity contribution in [2.24, 2.45) is 28.3 Å². The van der Waals surface area contributed by atoms with E-state index >= 15 is 0 Å². The maximum absolute atomic E-state index is 12.2. The van der Waals surface area contributed by atoms with E-state index in [4.69, 9.17) is 11.5 Å². The highest BCUT2D eigenvalue weighted by Gasteiger charge is 2.31. The normalized spacial score (nSPS) is 23.8. The number of carbonyl (C=O) groups is 1. The van der Waals surface area contributed by atoms with Crippen LogP contribution in [0.1, 0.15) is 72.1 Å². The number of Topliss-reactive ketones (excluding diaryl/α,β-unsaturated/α-hetero) is 1. The fourth-order valence-corrected chi connectivity index (χ4v) is 4.76. The molecule has 0 amide bonds. The van der Waals surface area contributed by atoms with E-state index in [2.05, 4.69) is 41.8 Å². The summed E-state index contributed by atoms with van der Waals surface area (Å²) < 4.78 is 0.